The van der Waals surface area contributed by atoms with Gasteiger partial charge in [0.2, 0.25) is 5.75 Å². The molecule has 0 aliphatic heterocycles. The average molecular weight is 297 g/mol. The molecule has 0 aromatic heterocycles. The van der Waals surface area contributed by atoms with Crippen molar-refractivity contribution in [2.24, 2.45) is 11.7 Å². The predicted octanol–water partition coefficient (Wildman–Crippen LogP) is 1.87. The monoisotopic (exact) mass is 297 g/mol. The van der Waals surface area contributed by atoms with Crippen LogP contribution >= 0.6 is 0 Å². The number of carboxylic acid groups (broad SMARTS) is 1. The highest BCUT2D eigenvalue weighted by Gasteiger charge is 2.24. The van der Waals surface area contributed by atoms with Crippen molar-refractivity contribution >= 4 is 5.97 Å². The Labute approximate surface area is 124 Å². The molecule has 1 rings (SSSR count). The third-order valence-electron chi connectivity index (χ3n) is 3.54. The fourth-order valence-corrected chi connectivity index (χ4v) is 2.36. The third kappa shape index (κ3) is 3.78. The second-order valence-electron chi connectivity index (χ2n) is 4.83. The highest BCUT2D eigenvalue weighted by atomic mass is 16.5. The second kappa shape index (κ2) is 7.73. The van der Waals surface area contributed by atoms with Gasteiger partial charge in [0, 0.05) is 12.1 Å². The average Bonchev–Trinajstić information content (AvgIpc) is 2.49. The zero-order valence-electron chi connectivity index (χ0n) is 12.9. The molecule has 0 aliphatic rings. The molecule has 0 amide bonds. The summed E-state index contributed by atoms with van der Waals surface area (Å²) in [4.78, 5) is 11.1. The Balaban J connectivity index is 3.14. The molecule has 1 aromatic carbocycles. The highest BCUT2D eigenvalue weighted by molar-refractivity contribution is 5.70. The molecule has 2 atom stereocenters. The summed E-state index contributed by atoms with van der Waals surface area (Å²) in [6, 6.07) is 3.64. The van der Waals surface area contributed by atoms with Gasteiger partial charge >= 0.3 is 5.97 Å². The molecule has 1 aromatic rings. The van der Waals surface area contributed by atoms with Crippen molar-refractivity contribution in [2.45, 2.75) is 19.3 Å². The number of carbonyl (C=O) groups is 1. The van der Waals surface area contributed by atoms with Crippen molar-refractivity contribution in [3.63, 3.8) is 0 Å². The zero-order chi connectivity index (χ0) is 16.0. The molecule has 0 bridgehead atoms. The van der Waals surface area contributed by atoms with E-state index in [0.29, 0.717) is 23.7 Å². The fourth-order valence-electron chi connectivity index (χ4n) is 2.36. The first-order valence-corrected chi connectivity index (χ1v) is 6.71. The van der Waals surface area contributed by atoms with E-state index in [0.717, 1.165) is 5.56 Å². The van der Waals surface area contributed by atoms with Crippen LogP contribution in [0.15, 0.2) is 12.1 Å². The van der Waals surface area contributed by atoms with E-state index in [1.165, 1.54) is 7.11 Å². The van der Waals surface area contributed by atoms with Gasteiger partial charge in [0.1, 0.15) is 0 Å². The van der Waals surface area contributed by atoms with E-state index >= 15 is 0 Å². The van der Waals surface area contributed by atoms with Gasteiger partial charge in [-0.2, -0.15) is 0 Å². The molecule has 2 unspecified atom stereocenters. The standard InChI is InChI=1S/C15H23NO5/c1-9(7-10(8-16)15(17)18)11-5-6-12(19-2)14(21-4)13(11)20-3/h5-6,9-10H,7-8,16H2,1-4H3,(H,17,18). The van der Waals surface area contributed by atoms with Gasteiger partial charge in [-0.25, -0.2) is 0 Å². The molecular formula is C15H23NO5. The molecule has 0 fully saturated rings. The van der Waals surface area contributed by atoms with Crippen LogP contribution in [0.1, 0.15) is 24.8 Å². The van der Waals surface area contributed by atoms with E-state index in [2.05, 4.69) is 0 Å². The molecule has 0 spiro atoms. The van der Waals surface area contributed by atoms with Crippen LogP contribution in [-0.4, -0.2) is 38.9 Å². The smallest absolute Gasteiger partial charge is 0.307 e. The topological polar surface area (TPSA) is 91.0 Å². The van der Waals surface area contributed by atoms with Crippen molar-refractivity contribution in [1.82, 2.24) is 0 Å². The van der Waals surface area contributed by atoms with E-state index in [1.807, 2.05) is 13.0 Å². The molecule has 21 heavy (non-hydrogen) atoms. The Bertz CT molecular complexity index is 489. The van der Waals surface area contributed by atoms with Crippen LogP contribution in [0.25, 0.3) is 0 Å². The first-order valence-electron chi connectivity index (χ1n) is 6.71. The number of benzene rings is 1. The summed E-state index contributed by atoms with van der Waals surface area (Å²) in [5, 5.41) is 9.12. The number of aliphatic carboxylic acids is 1. The minimum Gasteiger partial charge on any atom is -0.493 e. The maximum atomic E-state index is 11.1. The SMILES string of the molecule is COc1ccc(C(C)CC(CN)C(=O)O)c(OC)c1OC. The van der Waals surface area contributed by atoms with E-state index < -0.39 is 11.9 Å². The van der Waals surface area contributed by atoms with E-state index in [9.17, 15) is 4.79 Å². The van der Waals surface area contributed by atoms with Gasteiger partial charge in [-0.3, -0.25) is 4.79 Å². The molecule has 3 N–H and O–H groups in total. The summed E-state index contributed by atoms with van der Waals surface area (Å²) in [5.41, 5.74) is 6.39. The Kier molecular flexibility index (Phi) is 6.30. The number of hydrogen-bond acceptors (Lipinski definition) is 5. The summed E-state index contributed by atoms with van der Waals surface area (Å²) >= 11 is 0. The van der Waals surface area contributed by atoms with Gasteiger partial charge in [-0.1, -0.05) is 13.0 Å². The molecule has 0 heterocycles. The number of carboxylic acids is 1. The minimum absolute atomic E-state index is 0.0376. The van der Waals surface area contributed by atoms with E-state index in [4.69, 9.17) is 25.1 Å². The summed E-state index contributed by atoms with van der Waals surface area (Å²) in [6.07, 6.45) is 0.428. The molecule has 0 saturated heterocycles. The maximum Gasteiger partial charge on any atom is 0.307 e. The van der Waals surface area contributed by atoms with Crippen molar-refractivity contribution in [1.29, 1.82) is 0 Å². The van der Waals surface area contributed by atoms with Crippen LogP contribution in [0.2, 0.25) is 0 Å². The van der Waals surface area contributed by atoms with E-state index in [-0.39, 0.29) is 12.5 Å². The van der Waals surface area contributed by atoms with Crippen molar-refractivity contribution < 1.29 is 24.1 Å². The lowest BCUT2D eigenvalue weighted by atomic mass is 9.89. The highest BCUT2D eigenvalue weighted by Crippen LogP contribution is 2.43. The van der Waals surface area contributed by atoms with Crippen LogP contribution in [0.3, 0.4) is 0 Å². The van der Waals surface area contributed by atoms with Gasteiger partial charge < -0.3 is 25.1 Å². The molecular weight excluding hydrogens is 274 g/mol. The van der Waals surface area contributed by atoms with Gasteiger partial charge in [-0.15, -0.1) is 0 Å². The normalized spacial score (nSPS) is 13.4. The zero-order valence-corrected chi connectivity index (χ0v) is 12.9. The summed E-state index contributed by atoms with van der Waals surface area (Å²) < 4.78 is 16.0. The number of methoxy groups -OCH3 is 3. The van der Waals surface area contributed by atoms with Crippen molar-refractivity contribution in [2.75, 3.05) is 27.9 Å². The maximum absolute atomic E-state index is 11.1. The van der Waals surface area contributed by atoms with Crippen LogP contribution in [-0.2, 0) is 4.79 Å². The van der Waals surface area contributed by atoms with Crippen LogP contribution in [0.4, 0.5) is 0 Å². The largest absolute Gasteiger partial charge is 0.493 e. The van der Waals surface area contributed by atoms with Gasteiger partial charge in [0.15, 0.2) is 11.5 Å². The minimum atomic E-state index is -0.885. The molecule has 118 valence electrons. The molecule has 6 nitrogen and oxygen atoms in total. The summed E-state index contributed by atoms with van der Waals surface area (Å²) in [7, 11) is 4.63. The number of hydrogen-bond donors (Lipinski definition) is 2. The molecule has 0 saturated carbocycles. The lowest BCUT2D eigenvalue weighted by Crippen LogP contribution is -2.24. The van der Waals surface area contributed by atoms with E-state index in [1.54, 1.807) is 20.3 Å². The van der Waals surface area contributed by atoms with Gasteiger partial charge in [-0.05, 0) is 18.4 Å². The van der Waals surface area contributed by atoms with Crippen LogP contribution < -0.4 is 19.9 Å². The Hall–Kier alpha value is -1.95. The molecule has 6 heteroatoms. The lowest BCUT2D eigenvalue weighted by molar-refractivity contribution is -0.141. The molecule has 0 aliphatic carbocycles. The number of ether oxygens (including phenoxy) is 3. The van der Waals surface area contributed by atoms with Crippen molar-refractivity contribution in [3.05, 3.63) is 17.7 Å². The van der Waals surface area contributed by atoms with Crippen LogP contribution in [0, 0.1) is 5.92 Å². The van der Waals surface area contributed by atoms with Crippen LogP contribution in [0.5, 0.6) is 17.2 Å². The Morgan fingerprint density at radius 2 is 1.81 bits per heavy atom. The summed E-state index contributed by atoms with van der Waals surface area (Å²) in [5.74, 6) is 0.124. The number of rotatable bonds is 8. The molecule has 0 radical (unpaired) electrons. The Morgan fingerprint density at radius 3 is 2.24 bits per heavy atom. The number of nitrogens with two attached hydrogens (primary N) is 1. The van der Waals surface area contributed by atoms with Gasteiger partial charge in [0.05, 0.1) is 27.2 Å². The van der Waals surface area contributed by atoms with Crippen molar-refractivity contribution in [3.8, 4) is 17.2 Å². The lowest BCUT2D eigenvalue weighted by Gasteiger charge is -2.21. The quantitative estimate of drug-likeness (QED) is 0.761. The summed E-state index contributed by atoms with van der Waals surface area (Å²) in [6.45, 7) is 2.05. The first kappa shape index (κ1) is 17.1. The second-order valence-corrected chi connectivity index (χ2v) is 4.83. The predicted molar refractivity (Wildman–Crippen MR) is 79.3 cm³/mol. The van der Waals surface area contributed by atoms with Gasteiger partial charge in [0.25, 0.3) is 0 Å². The Morgan fingerprint density at radius 1 is 1.19 bits per heavy atom. The first-order chi connectivity index (χ1) is 9.99. The third-order valence-corrected chi connectivity index (χ3v) is 3.54. The fraction of sp³-hybridized carbons (Fsp3) is 0.533.